The highest BCUT2D eigenvalue weighted by Gasteiger charge is 2.22. The first-order chi connectivity index (χ1) is 6.84. The lowest BCUT2D eigenvalue weighted by Crippen LogP contribution is -2.57. The predicted molar refractivity (Wildman–Crippen MR) is 58.6 cm³/mol. The second-order valence-electron chi connectivity index (χ2n) is 4.46. The summed E-state index contributed by atoms with van der Waals surface area (Å²) in [5, 5.41) is 6.97. The SMILES string of the molecule is CN1CC(NCCN2CCNCC2)C1. The second kappa shape index (κ2) is 5.07. The molecule has 14 heavy (non-hydrogen) atoms. The van der Waals surface area contributed by atoms with E-state index in [0.717, 1.165) is 25.7 Å². The highest BCUT2D eigenvalue weighted by Crippen LogP contribution is 2.02. The number of hydrogen-bond donors (Lipinski definition) is 2. The summed E-state index contributed by atoms with van der Waals surface area (Å²) in [5.41, 5.74) is 0. The van der Waals surface area contributed by atoms with Crippen LogP contribution < -0.4 is 10.6 Å². The van der Waals surface area contributed by atoms with Crippen molar-refractivity contribution in [2.45, 2.75) is 6.04 Å². The molecule has 0 saturated carbocycles. The van der Waals surface area contributed by atoms with Crippen molar-refractivity contribution in [1.29, 1.82) is 0 Å². The van der Waals surface area contributed by atoms with Crippen LogP contribution in [0.5, 0.6) is 0 Å². The topological polar surface area (TPSA) is 30.5 Å². The van der Waals surface area contributed by atoms with Gasteiger partial charge in [-0.2, -0.15) is 0 Å². The fourth-order valence-electron chi connectivity index (χ4n) is 2.19. The van der Waals surface area contributed by atoms with E-state index < -0.39 is 0 Å². The maximum Gasteiger partial charge on any atom is 0.0322 e. The summed E-state index contributed by atoms with van der Waals surface area (Å²) >= 11 is 0. The zero-order valence-electron chi connectivity index (χ0n) is 9.13. The molecule has 2 rings (SSSR count). The third-order valence-corrected chi connectivity index (χ3v) is 3.13. The Morgan fingerprint density at radius 3 is 2.64 bits per heavy atom. The Bertz CT molecular complexity index is 162. The normalized spacial score (nSPS) is 26.4. The summed E-state index contributed by atoms with van der Waals surface area (Å²) in [5.74, 6) is 0. The molecule has 82 valence electrons. The van der Waals surface area contributed by atoms with Crippen LogP contribution in [0.3, 0.4) is 0 Å². The van der Waals surface area contributed by atoms with Gasteiger partial charge < -0.3 is 15.5 Å². The standard InChI is InChI=1S/C10H22N4/c1-13-8-10(9-13)12-4-7-14-5-2-11-3-6-14/h10-12H,2-9H2,1H3. The molecular formula is C10H22N4. The number of nitrogens with one attached hydrogen (secondary N) is 2. The molecule has 2 aliphatic rings. The molecule has 0 unspecified atom stereocenters. The summed E-state index contributed by atoms with van der Waals surface area (Å²) in [7, 11) is 2.18. The number of rotatable bonds is 4. The molecule has 0 bridgehead atoms. The molecule has 2 aliphatic heterocycles. The van der Waals surface area contributed by atoms with E-state index in [-0.39, 0.29) is 0 Å². The van der Waals surface area contributed by atoms with E-state index in [1.54, 1.807) is 0 Å². The van der Waals surface area contributed by atoms with Crippen LogP contribution in [-0.2, 0) is 0 Å². The summed E-state index contributed by atoms with van der Waals surface area (Å²) in [4.78, 5) is 4.88. The summed E-state index contributed by atoms with van der Waals surface area (Å²) in [6.07, 6.45) is 0. The summed E-state index contributed by atoms with van der Waals surface area (Å²) in [6, 6.07) is 0.753. The molecule has 2 fully saturated rings. The fraction of sp³-hybridized carbons (Fsp3) is 1.00. The zero-order valence-corrected chi connectivity index (χ0v) is 9.13. The third-order valence-electron chi connectivity index (χ3n) is 3.13. The molecule has 0 aliphatic carbocycles. The van der Waals surface area contributed by atoms with Crippen LogP contribution in [-0.4, -0.2) is 75.2 Å². The van der Waals surface area contributed by atoms with Gasteiger partial charge in [0.1, 0.15) is 0 Å². The molecule has 0 aromatic heterocycles. The van der Waals surface area contributed by atoms with Gasteiger partial charge in [0, 0.05) is 58.4 Å². The maximum absolute atomic E-state index is 3.59. The Hall–Kier alpha value is -0.160. The molecule has 4 heteroatoms. The van der Waals surface area contributed by atoms with Gasteiger partial charge in [-0.1, -0.05) is 0 Å². The number of piperazine rings is 1. The third kappa shape index (κ3) is 2.92. The number of likely N-dealkylation sites (N-methyl/N-ethyl adjacent to an activating group) is 1. The lowest BCUT2D eigenvalue weighted by molar-refractivity contribution is 0.154. The Balaban J connectivity index is 1.50. The number of likely N-dealkylation sites (tertiary alicyclic amines) is 1. The first kappa shape index (κ1) is 10.4. The molecule has 4 nitrogen and oxygen atoms in total. The van der Waals surface area contributed by atoms with Crippen molar-refractivity contribution in [2.24, 2.45) is 0 Å². The van der Waals surface area contributed by atoms with Gasteiger partial charge >= 0.3 is 0 Å². The highest BCUT2D eigenvalue weighted by atomic mass is 15.2. The Labute approximate surface area is 86.6 Å². The zero-order chi connectivity index (χ0) is 9.80. The van der Waals surface area contributed by atoms with Crippen LogP contribution in [0.1, 0.15) is 0 Å². The van der Waals surface area contributed by atoms with Crippen LogP contribution >= 0.6 is 0 Å². The van der Waals surface area contributed by atoms with E-state index in [1.165, 1.54) is 32.7 Å². The minimum Gasteiger partial charge on any atom is -0.314 e. The van der Waals surface area contributed by atoms with Crippen LogP contribution in [0, 0.1) is 0 Å². The van der Waals surface area contributed by atoms with Gasteiger partial charge in [-0.05, 0) is 7.05 Å². The van der Waals surface area contributed by atoms with Crippen molar-refractivity contribution in [3.05, 3.63) is 0 Å². The summed E-state index contributed by atoms with van der Waals surface area (Å²) < 4.78 is 0. The minimum absolute atomic E-state index is 0.753. The van der Waals surface area contributed by atoms with E-state index in [1.807, 2.05) is 0 Å². The van der Waals surface area contributed by atoms with Crippen molar-refractivity contribution in [1.82, 2.24) is 20.4 Å². The van der Waals surface area contributed by atoms with E-state index in [2.05, 4.69) is 27.5 Å². The first-order valence-electron chi connectivity index (χ1n) is 5.69. The first-order valence-corrected chi connectivity index (χ1v) is 5.69. The minimum atomic E-state index is 0.753. The molecular weight excluding hydrogens is 176 g/mol. The number of nitrogens with zero attached hydrogens (tertiary/aromatic N) is 2. The van der Waals surface area contributed by atoms with E-state index >= 15 is 0 Å². The quantitative estimate of drug-likeness (QED) is 0.594. The molecule has 0 amide bonds. The van der Waals surface area contributed by atoms with E-state index in [0.29, 0.717) is 0 Å². The van der Waals surface area contributed by atoms with Crippen LogP contribution in [0.25, 0.3) is 0 Å². The highest BCUT2D eigenvalue weighted by molar-refractivity contribution is 4.83. The maximum atomic E-state index is 3.59. The molecule has 0 spiro atoms. The fourth-order valence-corrected chi connectivity index (χ4v) is 2.19. The molecule has 0 radical (unpaired) electrons. The van der Waals surface area contributed by atoms with Crippen molar-refractivity contribution in [3.63, 3.8) is 0 Å². The van der Waals surface area contributed by atoms with Crippen molar-refractivity contribution in [2.75, 3.05) is 59.4 Å². The molecule has 2 saturated heterocycles. The van der Waals surface area contributed by atoms with Crippen LogP contribution in [0.4, 0.5) is 0 Å². The molecule has 0 atom stereocenters. The molecule has 2 N–H and O–H groups in total. The number of hydrogen-bond acceptors (Lipinski definition) is 4. The van der Waals surface area contributed by atoms with Gasteiger partial charge in [0.15, 0.2) is 0 Å². The Morgan fingerprint density at radius 1 is 1.29 bits per heavy atom. The predicted octanol–water partition coefficient (Wildman–Crippen LogP) is -1.20. The second-order valence-corrected chi connectivity index (χ2v) is 4.46. The van der Waals surface area contributed by atoms with Crippen molar-refractivity contribution >= 4 is 0 Å². The van der Waals surface area contributed by atoms with Gasteiger partial charge in [0.05, 0.1) is 0 Å². The molecule has 2 heterocycles. The molecule has 0 aromatic rings. The van der Waals surface area contributed by atoms with E-state index in [9.17, 15) is 0 Å². The Morgan fingerprint density at radius 2 is 2.00 bits per heavy atom. The van der Waals surface area contributed by atoms with Gasteiger partial charge in [-0.3, -0.25) is 4.90 Å². The average molecular weight is 198 g/mol. The van der Waals surface area contributed by atoms with Gasteiger partial charge in [-0.15, -0.1) is 0 Å². The molecule has 0 aromatic carbocycles. The average Bonchev–Trinajstić information content (AvgIpc) is 2.17. The van der Waals surface area contributed by atoms with Crippen molar-refractivity contribution in [3.8, 4) is 0 Å². The lowest BCUT2D eigenvalue weighted by atomic mass is 10.1. The van der Waals surface area contributed by atoms with Gasteiger partial charge in [-0.25, -0.2) is 0 Å². The Kier molecular flexibility index (Phi) is 3.75. The van der Waals surface area contributed by atoms with Gasteiger partial charge in [0.25, 0.3) is 0 Å². The van der Waals surface area contributed by atoms with Crippen molar-refractivity contribution < 1.29 is 0 Å². The lowest BCUT2D eigenvalue weighted by Gasteiger charge is -2.37. The van der Waals surface area contributed by atoms with Crippen LogP contribution in [0.15, 0.2) is 0 Å². The van der Waals surface area contributed by atoms with Crippen LogP contribution in [0.2, 0.25) is 0 Å². The van der Waals surface area contributed by atoms with Gasteiger partial charge in [0.2, 0.25) is 0 Å². The summed E-state index contributed by atoms with van der Waals surface area (Å²) in [6.45, 7) is 9.56. The monoisotopic (exact) mass is 198 g/mol. The van der Waals surface area contributed by atoms with E-state index in [4.69, 9.17) is 0 Å². The largest absolute Gasteiger partial charge is 0.314 e. The smallest absolute Gasteiger partial charge is 0.0322 e.